The molecule has 13 fully saturated rings. The highest BCUT2D eigenvalue weighted by atomic mass is 19.3. The number of carbonyl (C=O) groups excluding carboxylic acids is 3. The molecule has 0 saturated heterocycles. The molecular weight excluding hydrogens is 670 g/mol. The molecule has 0 aromatic carbocycles. The van der Waals surface area contributed by atoms with Gasteiger partial charge in [-0.25, -0.2) is 4.79 Å². The van der Waals surface area contributed by atoms with E-state index >= 15 is 0 Å². The van der Waals surface area contributed by atoms with E-state index < -0.39 is 44.9 Å². The number of carbonyl (C=O) groups is 3. The van der Waals surface area contributed by atoms with Gasteiger partial charge in [-0.3, -0.25) is 9.59 Å². The molecule has 10 heteroatoms. The molecule has 0 amide bonds. The topological polar surface area (TPSA) is 119 Å². The zero-order valence-electron chi connectivity index (χ0n) is 30.9. The molecule has 52 heavy (non-hydrogen) atoms. The Labute approximate surface area is 305 Å². The second-order valence-corrected chi connectivity index (χ2v) is 21.6. The number of rotatable bonds is 8. The molecule has 0 aromatic rings. The highest BCUT2D eigenvalue weighted by Crippen LogP contribution is 2.70. The Morgan fingerprint density at radius 1 is 0.615 bits per heavy atom. The largest absolute Gasteiger partial charge is 0.465 e. The molecule has 6 atom stereocenters. The number of hydrogen-bond acceptors (Lipinski definition) is 8. The average molecular weight is 729 g/mol. The first-order valence-corrected chi connectivity index (χ1v) is 20.8. The lowest BCUT2D eigenvalue weighted by molar-refractivity contribution is -0.240. The molecule has 2 N–H and O–H groups in total. The number of esters is 3. The number of halogens is 2. The molecule has 288 valence electrons. The second-order valence-electron chi connectivity index (χ2n) is 21.6. The van der Waals surface area contributed by atoms with Crippen LogP contribution in [0.5, 0.6) is 0 Å². The van der Waals surface area contributed by atoms with Crippen LogP contribution in [0, 0.1) is 63.1 Å². The Morgan fingerprint density at radius 3 is 1.46 bits per heavy atom. The van der Waals surface area contributed by atoms with Gasteiger partial charge in [0.15, 0.2) is 0 Å². The van der Waals surface area contributed by atoms with E-state index in [0.717, 1.165) is 103 Å². The summed E-state index contributed by atoms with van der Waals surface area (Å²) in [4.78, 5) is 40.7. The van der Waals surface area contributed by atoms with Crippen molar-refractivity contribution in [3.8, 4) is 0 Å². The van der Waals surface area contributed by atoms with E-state index in [1.807, 2.05) is 0 Å². The van der Waals surface area contributed by atoms with Gasteiger partial charge in [0.25, 0.3) is 0 Å². The van der Waals surface area contributed by atoms with Crippen molar-refractivity contribution < 1.29 is 47.6 Å². The lowest BCUT2D eigenvalue weighted by Gasteiger charge is -2.67. The van der Waals surface area contributed by atoms with Gasteiger partial charge in [0.05, 0.1) is 22.0 Å². The molecule has 0 aromatic heterocycles. The summed E-state index contributed by atoms with van der Waals surface area (Å²) in [7, 11) is 0. The summed E-state index contributed by atoms with van der Waals surface area (Å²) < 4.78 is 46.4. The maximum atomic E-state index is 14.2. The summed E-state index contributed by atoms with van der Waals surface area (Å²) >= 11 is 0. The van der Waals surface area contributed by atoms with Gasteiger partial charge in [0, 0.05) is 12.3 Å². The molecule has 6 unspecified atom stereocenters. The predicted octanol–water partition coefficient (Wildman–Crippen LogP) is 7.06. The van der Waals surface area contributed by atoms with Crippen LogP contribution in [0.3, 0.4) is 0 Å². The van der Waals surface area contributed by atoms with Crippen LogP contribution >= 0.6 is 0 Å². The van der Waals surface area contributed by atoms with Crippen molar-refractivity contribution in [2.75, 3.05) is 13.2 Å². The van der Waals surface area contributed by atoms with Crippen molar-refractivity contribution in [3.63, 3.8) is 0 Å². The maximum absolute atomic E-state index is 14.2. The van der Waals surface area contributed by atoms with Crippen LogP contribution in [0.25, 0.3) is 0 Å². The molecule has 8 nitrogen and oxygen atoms in total. The van der Waals surface area contributed by atoms with E-state index in [0.29, 0.717) is 68.6 Å². The van der Waals surface area contributed by atoms with Crippen LogP contribution in [-0.4, -0.2) is 64.1 Å². The Kier molecular flexibility index (Phi) is 7.29. The third-order valence-corrected chi connectivity index (χ3v) is 17.6. The Bertz CT molecular complexity index is 1430. The van der Waals surface area contributed by atoms with E-state index in [1.54, 1.807) is 0 Å². The minimum absolute atomic E-state index is 0.00543. The fourth-order valence-corrected chi connectivity index (χ4v) is 16.6. The Morgan fingerprint density at radius 2 is 1.06 bits per heavy atom. The van der Waals surface area contributed by atoms with Gasteiger partial charge < -0.3 is 24.4 Å². The zero-order valence-corrected chi connectivity index (χ0v) is 30.9. The van der Waals surface area contributed by atoms with Crippen LogP contribution in [0.15, 0.2) is 0 Å². The van der Waals surface area contributed by atoms with Crippen molar-refractivity contribution in [2.24, 2.45) is 63.1 Å². The summed E-state index contributed by atoms with van der Waals surface area (Å²) in [6, 6.07) is 0. The molecule has 13 saturated carbocycles. The van der Waals surface area contributed by atoms with Crippen LogP contribution in [-0.2, 0) is 28.6 Å². The van der Waals surface area contributed by atoms with E-state index in [2.05, 4.69) is 0 Å². The fourth-order valence-electron chi connectivity index (χ4n) is 16.6. The monoisotopic (exact) mass is 728 g/mol. The molecule has 13 rings (SSSR count). The summed E-state index contributed by atoms with van der Waals surface area (Å²) in [5.74, 6) is -2.93. The van der Waals surface area contributed by atoms with Crippen LogP contribution < -0.4 is 0 Å². The molecule has 0 heterocycles. The lowest BCUT2D eigenvalue weighted by atomic mass is 9.40. The minimum Gasteiger partial charge on any atom is -0.465 e. The van der Waals surface area contributed by atoms with Crippen molar-refractivity contribution in [3.05, 3.63) is 0 Å². The normalized spacial score (nSPS) is 53.4. The number of ether oxygens (including phenoxy) is 3. The molecule has 1 spiro atoms. The average Bonchev–Trinajstić information content (AvgIpc) is 3.02. The van der Waals surface area contributed by atoms with Gasteiger partial charge in [-0.15, -0.1) is 0 Å². The summed E-state index contributed by atoms with van der Waals surface area (Å²) in [5, 5.41) is 22.7. The molecule has 12 bridgehead atoms. The van der Waals surface area contributed by atoms with E-state index in [4.69, 9.17) is 14.2 Å². The smallest absolute Gasteiger partial charge is 0.377 e. The Balaban J connectivity index is 0.877. The van der Waals surface area contributed by atoms with Gasteiger partial charge in [-0.1, -0.05) is 0 Å². The van der Waals surface area contributed by atoms with Crippen molar-refractivity contribution in [1.82, 2.24) is 0 Å². The van der Waals surface area contributed by atoms with Crippen LogP contribution in [0.2, 0.25) is 0 Å². The maximum Gasteiger partial charge on any atom is 0.377 e. The van der Waals surface area contributed by atoms with Gasteiger partial charge in [-0.2, -0.15) is 8.78 Å². The summed E-state index contributed by atoms with van der Waals surface area (Å²) in [6.45, 7) is 0.976. The van der Waals surface area contributed by atoms with E-state index in [1.165, 1.54) is 0 Å². The summed E-state index contributed by atoms with van der Waals surface area (Å²) in [5.41, 5.74) is -4.15. The number of hydrogen-bond donors (Lipinski definition) is 2. The van der Waals surface area contributed by atoms with Gasteiger partial charge >= 0.3 is 23.8 Å². The van der Waals surface area contributed by atoms with Crippen LogP contribution in [0.1, 0.15) is 142 Å². The van der Waals surface area contributed by atoms with Crippen molar-refractivity contribution in [2.45, 2.75) is 164 Å². The third-order valence-electron chi connectivity index (χ3n) is 17.6. The first-order valence-electron chi connectivity index (χ1n) is 20.8. The quantitative estimate of drug-likeness (QED) is 0.202. The van der Waals surface area contributed by atoms with Crippen LogP contribution in [0.4, 0.5) is 8.78 Å². The first-order chi connectivity index (χ1) is 24.4. The third kappa shape index (κ3) is 5.31. The molecule has 0 aliphatic heterocycles. The van der Waals surface area contributed by atoms with Gasteiger partial charge in [-0.05, 0) is 182 Å². The number of aliphatic hydroxyl groups is 2. The summed E-state index contributed by atoms with van der Waals surface area (Å²) in [6.07, 6.45) is 16.6. The van der Waals surface area contributed by atoms with E-state index in [9.17, 15) is 33.4 Å². The minimum atomic E-state index is -3.51. The molecule has 13 aliphatic carbocycles. The predicted molar refractivity (Wildman–Crippen MR) is 182 cm³/mol. The second kappa shape index (κ2) is 10.9. The molecule has 13 aliphatic rings. The molecular formula is C42H58F2O8. The van der Waals surface area contributed by atoms with E-state index in [-0.39, 0.29) is 42.4 Å². The fraction of sp³-hybridized carbons (Fsp3) is 0.929. The highest BCUT2D eigenvalue weighted by Gasteiger charge is 2.67. The number of alkyl halides is 2. The van der Waals surface area contributed by atoms with Crippen molar-refractivity contribution in [1.29, 1.82) is 0 Å². The standard InChI is InChI=1S/C42H58F2O8/c1-35(43,44)32(45)52-41-18-25-8-30(19-41)42(31(9-25)20-41)4-2-36(3-5-42,23-50-33(46)37-10-26-6-27(11-37)15-39(48,14-26)21-37)24-51-34(47)38-12-28-7-29(13-38)17-40(49,16-28)22-38/h25-31,48-49H,2-24H2,1H3. The SMILES string of the molecule is CC(F)(F)C(=O)OC12CC3CC(C1)C1(CCC(COC(=O)C45CC6CC(CC(O)(C6)C4)C5)(COC(=O)C45CC6CC(CC(O)(C6)C4)C5)CC1)C(C3)C2. The van der Waals surface area contributed by atoms with Gasteiger partial charge in [0.1, 0.15) is 18.8 Å². The Hall–Kier alpha value is -1.81. The van der Waals surface area contributed by atoms with Crippen molar-refractivity contribution >= 4 is 17.9 Å². The molecule has 0 radical (unpaired) electrons. The zero-order chi connectivity index (χ0) is 36.2. The highest BCUT2D eigenvalue weighted by molar-refractivity contribution is 5.79. The lowest BCUT2D eigenvalue weighted by Crippen LogP contribution is -2.63. The first kappa shape index (κ1) is 34.7. The van der Waals surface area contributed by atoms with Gasteiger partial charge in [0.2, 0.25) is 0 Å².